The molecule has 0 unspecified atom stereocenters. The Balaban J connectivity index is 0.00000208. The Kier molecular flexibility index (Phi) is 5.68. The van der Waals surface area contributed by atoms with Gasteiger partial charge in [-0.3, -0.25) is 0 Å². The second-order valence-electron chi connectivity index (χ2n) is 6.10. The second-order valence-corrected chi connectivity index (χ2v) is 6.10. The highest BCUT2D eigenvalue weighted by Crippen LogP contribution is 2.22. The molecule has 2 N–H and O–H groups in total. The number of aryl methyl sites for hydroxylation is 4. The van der Waals surface area contributed by atoms with Crippen molar-refractivity contribution in [3.05, 3.63) is 70.5 Å². The lowest BCUT2D eigenvalue weighted by Gasteiger charge is -2.12. The number of hydrogen-bond acceptors (Lipinski definition) is 2. The third kappa shape index (κ3) is 3.80. The van der Waals surface area contributed by atoms with E-state index in [0.29, 0.717) is 0 Å². The Morgan fingerprint density at radius 1 is 0.958 bits per heavy atom. The third-order valence-corrected chi connectivity index (χ3v) is 4.38. The normalized spacial score (nSPS) is 10.3. The zero-order valence-electron chi connectivity index (χ0n) is 14.6. The van der Waals surface area contributed by atoms with Crippen LogP contribution in [0.2, 0.25) is 0 Å². The third-order valence-electron chi connectivity index (χ3n) is 4.38. The number of hydrogen-bond donors (Lipinski definition) is 2. The first kappa shape index (κ1) is 18.1. The molecule has 0 saturated carbocycles. The topological polar surface area (TPSA) is 40.7 Å². The summed E-state index contributed by atoms with van der Waals surface area (Å²) in [7, 11) is 0. The van der Waals surface area contributed by atoms with E-state index in [4.69, 9.17) is 0 Å². The lowest BCUT2D eigenvalue weighted by molar-refractivity contribution is 1.09. The van der Waals surface area contributed by atoms with Gasteiger partial charge in [0.25, 0.3) is 0 Å². The average Bonchev–Trinajstić information content (AvgIpc) is 2.87. The number of imidazole rings is 1. The molecule has 0 aliphatic carbocycles. The molecule has 1 aromatic heterocycles. The molecule has 3 nitrogen and oxygen atoms in total. The predicted octanol–water partition coefficient (Wildman–Crippen LogP) is 5.34. The summed E-state index contributed by atoms with van der Waals surface area (Å²) in [5, 5.41) is 3.53. The van der Waals surface area contributed by atoms with E-state index in [1.54, 1.807) is 0 Å². The summed E-state index contributed by atoms with van der Waals surface area (Å²) in [4.78, 5) is 7.93. The quantitative estimate of drug-likeness (QED) is 0.672. The average molecular weight is 342 g/mol. The summed E-state index contributed by atoms with van der Waals surface area (Å²) in [5.41, 5.74) is 8.40. The first-order valence-corrected chi connectivity index (χ1v) is 7.97. The van der Waals surface area contributed by atoms with Gasteiger partial charge in [-0.2, -0.15) is 0 Å². The molecule has 24 heavy (non-hydrogen) atoms. The fourth-order valence-electron chi connectivity index (χ4n) is 2.78. The van der Waals surface area contributed by atoms with Crippen molar-refractivity contribution in [1.29, 1.82) is 0 Å². The number of aromatic amines is 1. The summed E-state index contributed by atoms with van der Waals surface area (Å²) in [6, 6.07) is 14.8. The van der Waals surface area contributed by atoms with Gasteiger partial charge in [0, 0.05) is 23.5 Å². The number of rotatable bonds is 4. The molecule has 0 bridgehead atoms. The predicted molar refractivity (Wildman–Crippen MR) is 104 cm³/mol. The lowest BCUT2D eigenvalue weighted by atomic mass is 10.0. The summed E-state index contributed by atoms with van der Waals surface area (Å²) in [6.45, 7) is 9.23. The smallest absolute Gasteiger partial charge is 0.137 e. The van der Waals surface area contributed by atoms with Gasteiger partial charge in [-0.25, -0.2) is 4.98 Å². The van der Waals surface area contributed by atoms with Crippen LogP contribution in [0.5, 0.6) is 0 Å². The van der Waals surface area contributed by atoms with Gasteiger partial charge in [0.05, 0.1) is 5.69 Å². The van der Waals surface area contributed by atoms with Crippen LogP contribution in [0.1, 0.15) is 28.1 Å². The van der Waals surface area contributed by atoms with E-state index in [0.717, 1.165) is 35.0 Å². The number of aromatic nitrogens is 2. The van der Waals surface area contributed by atoms with Crippen LogP contribution in [0.4, 0.5) is 5.69 Å². The van der Waals surface area contributed by atoms with E-state index in [2.05, 4.69) is 78.5 Å². The van der Waals surface area contributed by atoms with E-state index in [1.807, 2.05) is 6.92 Å². The van der Waals surface area contributed by atoms with E-state index in [1.165, 1.54) is 16.7 Å². The molecule has 3 aromatic rings. The van der Waals surface area contributed by atoms with Crippen LogP contribution in [0.25, 0.3) is 11.4 Å². The number of nitrogens with zero attached hydrogens (tertiary/aromatic N) is 1. The van der Waals surface area contributed by atoms with Crippen LogP contribution in [-0.2, 0) is 6.54 Å². The Hall–Kier alpha value is -2.26. The highest BCUT2D eigenvalue weighted by Gasteiger charge is 2.06. The van der Waals surface area contributed by atoms with Crippen LogP contribution >= 0.6 is 12.4 Å². The summed E-state index contributed by atoms with van der Waals surface area (Å²) in [5.74, 6) is 0.927. The Morgan fingerprint density at radius 2 is 1.62 bits per heavy atom. The fraction of sp³-hybridized carbons (Fsp3) is 0.250. The second kappa shape index (κ2) is 7.54. The zero-order valence-corrected chi connectivity index (χ0v) is 15.4. The van der Waals surface area contributed by atoms with Crippen molar-refractivity contribution < 1.29 is 0 Å². The van der Waals surface area contributed by atoms with Gasteiger partial charge in [-0.15, -0.1) is 12.4 Å². The number of nitrogens with one attached hydrogen (secondary N) is 2. The van der Waals surface area contributed by atoms with Crippen LogP contribution < -0.4 is 5.32 Å². The van der Waals surface area contributed by atoms with E-state index in [9.17, 15) is 0 Å². The van der Waals surface area contributed by atoms with Crippen molar-refractivity contribution in [2.45, 2.75) is 34.2 Å². The molecule has 0 fully saturated rings. The van der Waals surface area contributed by atoms with Crippen LogP contribution in [0.15, 0.2) is 42.5 Å². The van der Waals surface area contributed by atoms with Crippen LogP contribution in [0.3, 0.4) is 0 Å². The molecular formula is C20H24ClN3. The molecule has 0 radical (unpaired) electrons. The van der Waals surface area contributed by atoms with Gasteiger partial charge < -0.3 is 10.3 Å². The molecule has 0 aliphatic rings. The fourth-order valence-corrected chi connectivity index (χ4v) is 2.78. The van der Waals surface area contributed by atoms with Crippen molar-refractivity contribution in [1.82, 2.24) is 9.97 Å². The Bertz CT molecular complexity index is 797. The maximum atomic E-state index is 4.58. The zero-order chi connectivity index (χ0) is 16.4. The van der Waals surface area contributed by atoms with Gasteiger partial charge in [0.15, 0.2) is 0 Å². The molecule has 0 saturated heterocycles. The first-order chi connectivity index (χ1) is 11.0. The molecule has 0 atom stereocenters. The largest absolute Gasteiger partial charge is 0.381 e. The van der Waals surface area contributed by atoms with Crippen molar-refractivity contribution in [3.63, 3.8) is 0 Å². The minimum Gasteiger partial charge on any atom is -0.381 e. The van der Waals surface area contributed by atoms with Crippen molar-refractivity contribution in [2.75, 3.05) is 5.32 Å². The molecule has 0 spiro atoms. The summed E-state index contributed by atoms with van der Waals surface area (Å²) < 4.78 is 0. The minimum atomic E-state index is 0. The Morgan fingerprint density at radius 3 is 2.25 bits per heavy atom. The molecule has 0 amide bonds. The molecule has 3 rings (SSSR count). The molecule has 2 aromatic carbocycles. The van der Waals surface area contributed by atoms with E-state index >= 15 is 0 Å². The van der Waals surface area contributed by atoms with Crippen LogP contribution in [-0.4, -0.2) is 9.97 Å². The SMILES string of the molecule is Cc1cccc(C)c1CNc1cccc(-c2nc(C)c(C)[nH]2)c1.Cl. The van der Waals surface area contributed by atoms with Gasteiger partial charge in [-0.05, 0) is 56.5 Å². The molecule has 1 heterocycles. The van der Waals surface area contributed by atoms with E-state index < -0.39 is 0 Å². The Labute approximate surface area is 150 Å². The van der Waals surface area contributed by atoms with Crippen molar-refractivity contribution in [3.8, 4) is 11.4 Å². The number of benzene rings is 2. The van der Waals surface area contributed by atoms with E-state index in [-0.39, 0.29) is 12.4 Å². The lowest BCUT2D eigenvalue weighted by Crippen LogP contribution is -2.03. The highest BCUT2D eigenvalue weighted by molar-refractivity contribution is 5.85. The van der Waals surface area contributed by atoms with Gasteiger partial charge in [0.2, 0.25) is 0 Å². The summed E-state index contributed by atoms with van der Waals surface area (Å²) >= 11 is 0. The van der Waals surface area contributed by atoms with Gasteiger partial charge in [-0.1, -0.05) is 30.3 Å². The molecule has 0 aliphatic heterocycles. The highest BCUT2D eigenvalue weighted by atomic mass is 35.5. The van der Waals surface area contributed by atoms with Gasteiger partial charge >= 0.3 is 0 Å². The standard InChI is InChI=1S/C20H23N3.ClH/c1-13-7-5-8-14(2)19(13)12-21-18-10-6-9-17(11-18)20-22-15(3)16(4)23-20;/h5-11,21H,12H2,1-4H3,(H,22,23);1H. The van der Waals surface area contributed by atoms with Gasteiger partial charge in [0.1, 0.15) is 5.82 Å². The molecular weight excluding hydrogens is 318 g/mol. The molecule has 4 heteroatoms. The maximum Gasteiger partial charge on any atom is 0.137 e. The molecule has 126 valence electrons. The first-order valence-electron chi connectivity index (χ1n) is 7.97. The van der Waals surface area contributed by atoms with Crippen LogP contribution in [0, 0.1) is 27.7 Å². The number of H-pyrrole nitrogens is 1. The van der Waals surface area contributed by atoms with Crippen molar-refractivity contribution >= 4 is 18.1 Å². The number of halogens is 1. The van der Waals surface area contributed by atoms with Crippen molar-refractivity contribution in [2.24, 2.45) is 0 Å². The summed E-state index contributed by atoms with van der Waals surface area (Å²) in [6.07, 6.45) is 0. The maximum absolute atomic E-state index is 4.58. The minimum absolute atomic E-state index is 0. The number of anilines is 1. The monoisotopic (exact) mass is 341 g/mol.